The Kier molecular flexibility index (Phi) is 7.34. The van der Waals surface area contributed by atoms with Crippen LogP contribution in [0.15, 0.2) is 0 Å². The van der Waals surface area contributed by atoms with E-state index in [-0.39, 0.29) is 18.0 Å². The molecule has 0 heterocycles. The number of likely N-dealkylation sites (N-methyl/N-ethyl adjacent to an activating group) is 2. The largest absolute Gasteiger partial charge is 0.342 e. The van der Waals surface area contributed by atoms with Crippen LogP contribution >= 0.6 is 0 Å². The molecule has 1 amide bonds. The highest BCUT2D eigenvalue weighted by molar-refractivity contribution is 5.81. The first-order valence-electron chi connectivity index (χ1n) is 6.18. The van der Waals surface area contributed by atoms with Crippen molar-refractivity contribution in [1.82, 2.24) is 9.80 Å². The molecule has 16 heavy (non-hydrogen) atoms. The van der Waals surface area contributed by atoms with Crippen molar-refractivity contribution in [3.8, 4) is 0 Å². The highest BCUT2D eigenvalue weighted by atomic mass is 16.2. The van der Waals surface area contributed by atoms with Crippen molar-refractivity contribution in [1.29, 1.82) is 0 Å². The van der Waals surface area contributed by atoms with Gasteiger partial charge in [-0.15, -0.1) is 0 Å². The number of rotatable bonds is 7. The summed E-state index contributed by atoms with van der Waals surface area (Å²) in [6.07, 6.45) is 0.923. The zero-order valence-electron chi connectivity index (χ0n) is 11.4. The van der Waals surface area contributed by atoms with Crippen molar-refractivity contribution < 1.29 is 4.79 Å². The standard InChI is InChI=1S/C12H27N3O/c1-6-15(7-2)12(16)11(4)14(5)9-8-10(3)13/h10-11H,6-9,13H2,1-5H3. The minimum atomic E-state index is -0.0568. The summed E-state index contributed by atoms with van der Waals surface area (Å²) in [6, 6.07) is 0.136. The summed E-state index contributed by atoms with van der Waals surface area (Å²) in [5.41, 5.74) is 5.71. The molecular formula is C12H27N3O. The van der Waals surface area contributed by atoms with Crippen LogP contribution in [0.1, 0.15) is 34.1 Å². The molecule has 0 aliphatic rings. The fraction of sp³-hybridized carbons (Fsp3) is 0.917. The van der Waals surface area contributed by atoms with E-state index in [1.807, 2.05) is 39.6 Å². The van der Waals surface area contributed by atoms with E-state index in [9.17, 15) is 4.79 Å². The van der Waals surface area contributed by atoms with Crippen LogP contribution in [0.5, 0.6) is 0 Å². The summed E-state index contributed by atoms with van der Waals surface area (Å²) in [4.78, 5) is 16.0. The molecule has 0 radical (unpaired) electrons. The average Bonchev–Trinajstić information content (AvgIpc) is 2.26. The van der Waals surface area contributed by atoms with E-state index in [0.717, 1.165) is 26.1 Å². The molecule has 0 aliphatic heterocycles. The molecule has 0 aromatic carbocycles. The van der Waals surface area contributed by atoms with Gasteiger partial charge in [0.05, 0.1) is 6.04 Å². The van der Waals surface area contributed by atoms with Gasteiger partial charge in [-0.2, -0.15) is 0 Å². The normalized spacial score (nSPS) is 14.9. The lowest BCUT2D eigenvalue weighted by Gasteiger charge is -2.29. The third kappa shape index (κ3) is 4.94. The van der Waals surface area contributed by atoms with E-state index in [1.54, 1.807) is 0 Å². The van der Waals surface area contributed by atoms with Gasteiger partial charge in [0.15, 0.2) is 0 Å². The molecule has 0 fully saturated rings. The van der Waals surface area contributed by atoms with Crippen molar-refractivity contribution in [2.24, 2.45) is 5.73 Å². The molecule has 2 atom stereocenters. The third-order valence-corrected chi connectivity index (χ3v) is 3.03. The van der Waals surface area contributed by atoms with E-state index in [4.69, 9.17) is 5.73 Å². The second kappa shape index (κ2) is 7.63. The first-order chi connectivity index (χ1) is 7.43. The van der Waals surface area contributed by atoms with Gasteiger partial charge >= 0.3 is 0 Å². The lowest BCUT2D eigenvalue weighted by molar-refractivity contribution is -0.135. The number of amides is 1. The Hall–Kier alpha value is -0.610. The molecule has 0 bridgehead atoms. The van der Waals surface area contributed by atoms with Crippen LogP contribution in [0.25, 0.3) is 0 Å². The van der Waals surface area contributed by atoms with Gasteiger partial charge in [-0.25, -0.2) is 0 Å². The number of hydrogen-bond donors (Lipinski definition) is 1. The van der Waals surface area contributed by atoms with Crippen LogP contribution in [0, 0.1) is 0 Å². The monoisotopic (exact) mass is 229 g/mol. The van der Waals surface area contributed by atoms with Crippen molar-refractivity contribution in [3.63, 3.8) is 0 Å². The minimum Gasteiger partial charge on any atom is -0.342 e. The van der Waals surface area contributed by atoms with E-state index < -0.39 is 0 Å². The topological polar surface area (TPSA) is 49.6 Å². The van der Waals surface area contributed by atoms with Crippen LogP contribution in [0.4, 0.5) is 0 Å². The molecular weight excluding hydrogens is 202 g/mol. The van der Waals surface area contributed by atoms with Crippen molar-refractivity contribution >= 4 is 5.91 Å². The zero-order chi connectivity index (χ0) is 12.7. The van der Waals surface area contributed by atoms with Crippen LogP contribution in [0.2, 0.25) is 0 Å². The van der Waals surface area contributed by atoms with Gasteiger partial charge in [0.1, 0.15) is 0 Å². The van der Waals surface area contributed by atoms with E-state index in [2.05, 4.69) is 4.90 Å². The Labute approximate surface area is 99.8 Å². The number of nitrogens with zero attached hydrogens (tertiary/aromatic N) is 2. The molecule has 2 N–H and O–H groups in total. The van der Waals surface area contributed by atoms with Crippen LogP contribution in [0.3, 0.4) is 0 Å². The molecule has 2 unspecified atom stereocenters. The molecule has 4 nitrogen and oxygen atoms in total. The summed E-state index contributed by atoms with van der Waals surface area (Å²) in [6.45, 7) is 10.4. The molecule has 0 rings (SSSR count). The molecule has 96 valence electrons. The van der Waals surface area contributed by atoms with E-state index in [0.29, 0.717) is 0 Å². The first-order valence-corrected chi connectivity index (χ1v) is 6.18. The lowest BCUT2D eigenvalue weighted by atomic mass is 10.2. The maximum atomic E-state index is 12.0. The number of hydrogen-bond acceptors (Lipinski definition) is 3. The van der Waals surface area contributed by atoms with E-state index >= 15 is 0 Å². The highest BCUT2D eigenvalue weighted by Gasteiger charge is 2.21. The SMILES string of the molecule is CCN(CC)C(=O)C(C)N(C)CCC(C)N. The van der Waals surface area contributed by atoms with Crippen molar-refractivity contribution in [2.45, 2.75) is 46.2 Å². The Bertz CT molecular complexity index is 202. The van der Waals surface area contributed by atoms with Crippen LogP contribution in [-0.4, -0.2) is 54.5 Å². The number of carbonyl (C=O) groups is 1. The van der Waals surface area contributed by atoms with Gasteiger partial charge < -0.3 is 10.6 Å². The molecule has 0 spiro atoms. The maximum Gasteiger partial charge on any atom is 0.239 e. The Balaban J connectivity index is 4.20. The van der Waals surface area contributed by atoms with Gasteiger partial charge in [-0.1, -0.05) is 0 Å². The van der Waals surface area contributed by atoms with Gasteiger partial charge in [0, 0.05) is 25.7 Å². The van der Waals surface area contributed by atoms with Gasteiger partial charge in [0.2, 0.25) is 5.91 Å². The lowest BCUT2D eigenvalue weighted by Crippen LogP contribution is -2.46. The molecule has 0 aliphatic carbocycles. The average molecular weight is 229 g/mol. The summed E-state index contributed by atoms with van der Waals surface area (Å²) in [5, 5.41) is 0. The summed E-state index contributed by atoms with van der Waals surface area (Å²) in [5.74, 6) is 0.206. The molecule has 0 saturated carbocycles. The predicted octanol–water partition coefficient (Wildman–Crippen LogP) is 0.912. The second-order valence-electron chi connectivity index (χ2n) is 4.43. The second-order valence-corrected chi connectivity index (χ2v) is 4.43. The fourth-order valence-electron chi connectivity index (χ4n) is 1.59. The summed E-state index contributed by atoms with van der Waals surface area (Å²) < 4.78 is 0. The Morgan fingerprint density at radius 2 is 1.75 bits per heavy atom. The van der Waals surface area contributed by atoms with Crippen molar-refractivity contribution in [3.05, 3.63) is 0 Å². The van der Waals surface area contributed by atoms with E-state index in [1.165, 1.54) is 0 Å². The van der Waals surface area contributed by atoms with Crippen molar-refractivity contribution in [2.75, 3.05) is 26.7 Å². The Morgan fingerprint density at radius 1 is 1.25 bits per heavy atom. The highest BCUT2D eigenvalue weighted by Crippen LogP contribution is 2.03. The summed E-state index contributed by atoms with van der Waals surface area (Å²) >= 11 is 0. The summed E-state index contributed by atoms with van der Waals surface area (Å²) in [7, 11) is 1.98. The first kappa shape index (κ1) is 15.4. The quantitative estimate of drug-likeness (QED) is 0.706. The van der Waals surface area contributed by atoms with Gasteiger partial charge in [0.25, 0.3) is 0 Å². The molecule has 4 heteroatoms. The maximum absolute atomic E-state index is 12.0. The smallest absolute Gasteiger partial charge is 0.239 e. The fourth-order valence-corrected chi connectivity index (χ4v) is 1.59. The number of nitrogens with two attached hydrogens (primary N) is 1. The molecule has 0 aromatic heterocycles. The number of carbonyl (C=O) groups excluding carboxylic acids is 1. The minimum absolute atomic E-state index is 0.0568. The predicted molar refractivity (Wildman–Crippen MR) is 68.3 cm³/mol. The third-order valence-electron chi connectivity index (χ3n) is 3.03. The van der Waals surface area contributed by atoms with Gasteiger partial charge in [-0.3, -0.25) is 9.69 Å². The molecule has 0 aromatic rings. The van der Waals surface area contributed by atoms with Crippen LogP contribution < -0.4 is 5.73 Å². The Morgan fingerprint density at radius 3 is 2.12 bits per heavy atom. The zero-order valence-corrected chi connectivity index (χ0v) is 11.4. The van der Waals surface area contributed by atoms with Gasteiger partial charge in [-0.05, 0) is 41.2 Å². The van der Waals surface area contributed by atoms with Crippen LogP contribution in [-0.2, 0) is 4.79 Å². The molecule has 0 saturated heterocycles.